The number of pyridine rings is 1. The van der Waals surface area contributed by atoms with Crippen LogP contribution in [0.5, 0.6) is 0 Å². The molecule has 0 saturated heterocycles. The molecule has 2 rings (SSSR count). The fraction of sp³-hybridized carbons (Fsp3) is 0.583. The zero-order valence-electron chi connectivity index (χ0n) is 8.69. The van der Waals surface area contributed by atoms with Gasteiger partial charge in [0.05, 0.1) is 11.8 Å². The molecule has 1 aromatic heterocycles. The van der Waals surface area contributed by atoms with Gasteiger partial charge in [-0.15, -0.1) is 0 Å². The standard InChI is InChI=1S/C12H16BrNO/c13-10-7-4-8-14-11(10)12(15)9-5-2-1-3-6-9/h4,7-9,12,15H,1-3,5-6H2. The summed E-state index contributed by atoms with van der Waals surface area (Å²) in [5.74, 6) is 0.393. The number of nitrogens with zero attached hydrogens (tertiary/aromatic N) is 1. The molecule has 1 aliphatic carbocycles. The lowest BCUT2D eigenvalue weighted by Gasteiger charge is -2.26. The van der Waals surface area contributed by atoms with Gasteiger partial charge in [0, 0.05) is 10.7 Å². The van der Waals surface area contributed by atoms with Crippen molar-refractivity contribution in [3.05, 3.63) is 28.5 Å². The van der Waals surface area contributed by atoms with Crippen molar-refractivity contribution in [2.45, 2.75) is 38.2 Å². The molecular weight excluding hydrogens is 254 g/mol. The largest absolute Gasteiger partial charge is 0.386 e. The Bertz CT molecular complexity index is 323. The van der Waals surface area contributed by atoms with Crippen LogP contribution >= 0.6 is 15.9 Å². The Morgan fingerprint density at radius 2 is 2.07 bits per heavy atom. The molecule has 1 N–H and O–H groups in total. The van der Waals surface area contributed by atoms with Crippen molar-refractivity contribution in [1.82, 2.24) is 4.98 Å². The summed E-state index contributed by atoms with van der Waals surface area (Å²) < 4.78 is 0.920. The van der Waals surface area contributed by atoms with Crippen LogP contribution in [0.25, 0.3) is 0 Å². The summed E-state index contributed by atoms with van der Waals surface area (Å²) in [5, 5.41) is 10.2. The first-order valence-electron chi connectivity index (χ1n) is 5.57. The zero-order valence-corrected chi connectivity index (χ0v) is 10.3. The predicted octanol–water partition coefficient (Wildman–Crippen LogP) is 3.46. The lowest BCUT2D eigenvalue weighted by Crippen LogP contribution is -2.17. The van der Waals surface area contributed by atoms with E-state index in [1.54, 1.807) is 6.20 Å². The Morgan fingerprint density at radius 1 is 1.33 bits per heavy atom. The first kappa shape index (κ1) is 11.1. The monoisotopic (exact) mass is 269 g/mol. The SMILES string of the molecule is OC(c1ncccc1Br)C1CCCCC1. The van der Waals surface area contributed by atoms with E-state index in [-0.39, 0.29) is 0 Å². The molecule has 3 heteroatoms. The summed E-state index contributed by atoms with van der Waals surface area (Å²) in [6.45, 7) is 0. The van der Waals surface area contributed by atoms with Crippen molar-refractivity contribution in [1.29, 1.82) is 0 Å². The van der Waals surface area contributed by atoms with Crippen molar-refractivity contribution >= 4 is 15.9 Å². The van der Waals surface area contributed by atoms with Gasteiger partial charge in [-0.3, -0.25) is 4.98 Å². The van der Waals surface area contributed by atoms with Gasteiger partial charge in [-0.25, -0.2) is 0 Å². The van der Waals surface area contributed by atoms with Gasteiger partial charge in [0.1, 0.15) is 0 Å². The molecule has 0 spiro atoms. The smallest absolute Gasteiger partial charge is 0.0999 e. The van der Waals surface area contributed by atoms with Crippen LogP contribution in [0.2, 0.25) is 0 Å². The number of hydrogen-bond acceptors (Lipinski definition) is 2. The van der Waals surface area contributed by atoms with E-state index in [2.05, 4.69) is 20.9 Å². The highest BCUT2D eigenvalue weighted by molar-refractivity contribution is 9.10. The highest BCUT2D eigenvalue weighted by Crippen LogP contribution is 2.35. The molecule has 1 unspecified atom stereocenters. The van der Waals surface area contributed by atoms with Crippen molar-refractivity contribution in [3.63, 3.8) is 0 Å². The summed E-state index contributed by atoms with van der Waals surface area (Å²) in [6, 6.07) is 3.82. The number of halogens is 1. The molecule has 0 aromatic carbocycles. The van der Waals surface area contributed by atoms with Gasteiger partial charge >= 0.3 is 0 Å². The van der Waals surface area contributed by atoms with Crippen LogP contribution < -0.4 is 0 Å². The third-order valence-electron chi connectivity index (χ3n) is 3.16. The van der Waals surface area contributed by atoms with Crippen LogP contribution in [0.3, 0.4) is 0 Å². The normalized spacial score (nSPS) is 20.1. The summed E-state index contributed by atoms with van der Waals surface area (Å²) in [5.41, 5.74) is 0.796. The Balaban J connectivity index is 2.12. The molecule has 0 bridgehead atoms. The zero-order chi connectivity index (χ0) is 10.7. The van der Waals surface area contributed by atoms with Crippen LogP contribution in [-0.2, 0) is 0 Å². The van der Waals surface area contributed by atoms with E-state index in [0.29, 0.717) is 5.92 Å². The molecule has 1 atom stereocenters. The van der Waals surface area contributed by atoms with Crippen LogP contribution in [0, 0.1) is 5.92 Å². The van der Waals surface area contributed by atoms with Crippen molar-refractivity contribution in [2.75, 3.05) is 0 Å². The van der Waals surface area contributed by atoms with Gasteiger partial charge in [0.25, 0.3) is 0 Å². The van der Waals surface area contributed by atoms with Crippen molar-refractivity contribution in [3.8, 4) is 0 Å². The topological polar surface area (TPSA) is 33.1 Å². The summed E-state index contributed by atoms with van der Waals surface area (Å²) >= 11 is 3.44. The first-order chi connectivity index (χ1) is 7.29. The highest BCUT2D eigenvalue weighted by atomic mass is 79.9. The molecule has 1 aliphatic rings. The molecule has 0 radical (unpaired) electrons. The van der Waals surface area contributed by atoms with Crippen LogP contribution in [0.15, 0.2) is 22.8 Å². The lowest BCUT2D eigenvalue weighted by atomic mass is 9.84. The van der Waals surface area contributed by atoms with E-state index in [9.17, 15) is 5.11 Å². The summed E-state index contributed by atoms with van der Waals surface area (Å²) in [4.78, 5) is 4.26. The summed E-state index contributed by atoms with van der Waals surface area (Å²) in [7, 11) is 0. The molecule has 1 heterocycles. The number of rotatable bonds is 2. The molecule has 0 aliphatic heterocycles. The maximum Gasteiger partial charge on any atom is 0.0999 e. The van der Waals surface area contributed by atoms with Gasteiger partial charge in [0.2, 0.25) is 0 Å². The lowest BCUT2D eigenvalue weighted by molar-refractivity contribution is 0.0805. The molecule has 2 nitrogen and oxygen atoms in total. The maximum absolute atomic E-state index is 10.2. The second-order valence-corrected chi connectivity index (χ2v) is 5.07. The third-order valence-corrected chi connectivity index (χ3v) is 3.83. The highest BCUT2D eigenvalue weighted by Gasteiger charge is 2.25. The Labute approximate surface area is 98.9 Å². The number of aromatic nitrogens is 1. The number of aliphatic hydroxyl groups excluding tert-OH is 1. The fourth-order valence-corrected chi connectivity index (χ4v) is 2.78. The van der Waals surface area contributed by atoms with E-state index in [1.165, 1.54) is 19.3 Å². The molecule has 15 heavy (non-hydrogen) atoms. The average molecular weight is 270 g/mol. The van der Waals surface area contributed by atoms with Crippen molar-refractivity contribution < 1.29 is 5.11 Å². The molecule has 0 amide bonds. The quantitative estimate of drug-likeness (QED) is 0.892. The van der Waals surface area contributed by atoms with Crippen LogP contribution in [0.1, 0.15) is 43.9 Å². The minimum Gasteiger partial charge on any atom is -0.386 e. The van der Waals surface area contributed by atoms with E-state index in [4.69, 9.17) is 0 Å². The van der Waals surface area contributed by atoms with E-state index >= 15 is 0 Å². The van der Waals surface area contributed by atoms with E-state index in [1.807, 2.05) is 12.1 Å². The number of hydrogen-bond donors (Lipinski definition) is 1. The predicted molar refractivity (Wildman–Crippen MR) is 63.5 cm³/mol. The van der Waals surface area contributed by atoms with Crippen LogP contribution in [-0.4, -0.2) is 10.1 Å². The van der Waals surface area contributed by atoms with Crippen LogP contribution in [0.4, 0.5) is 0 Å². The van der Waals surface area contributed by atoms with Gasteiger partial charge < -0.3 is 5.11 Å². The van der Waals surface area contributed by atoms with E-state index < -0.39 is 6.10 Å². The van der Waals surface area contributed by atoms with Crippen molar-refractivity contribution in [2.24, 2.45) is 5.92 Å². The molecule has 1 aromatic rings. The number of aliphatic hydroxyl groups is 1. The second kappa shape index (κ2) is 5.08. The molecule has 1 fully saturated rings. The molecular formula is C12H16BrNO. The Kier molecular flexibility index (Phi) is 3.76. The van der Waals surface area contributed by atoms with E-state index in [0.717, 1.165) is 23.0 Å². The first-order valence-corrected chi connectivity index (χ1v) is 6.37. The van der Waals surface area contributed by atoms with Gasteiger partial charge in [-0.2, -0.15) is 0 Å². The van der Waals surface area contributed by atoms with Gasteiger partial charge in [0.15, 0.2) is 0 Å². The Hall–Kier alpha value is -0.410. The maximum atomic E-state index is 10.2. The van der Waals surface area contributed by atoms with Gasteiger partial charge in [-0.05, 0) is 46.8 Å². The minimum atomic E-state index is -0.402. The third kappa shape index (κ3) is 2.58. The minimum absolute atomic E-state index is 0.393. The van der Waals surface area contributed by atoms with Gasteiger partial charge in [-0.1, -0.05) is 19.3 Å². The average Bonchev–Trinajstić information content (AvgIpc) is 2.30. The Morgan fingerprint density at radius 3 is 2.73 bits per heavy atom. The molecule has 1 saturated carbocycles. The fourth-order valence-electron chi connectivity index (χ4n) is 2.29. The molecule has 82 valence electrons. The summed E-state index contributed by atoms with van der Waals surface area (Å²) in [6.07, 6.45) is 7.40. The second-order valence-electron chi connectivity index (χ2n) is 4.21.